The topological polar surface area (TPSA) is 93.1 Å². The van der Waals surface area contributed by atoms with Crippen LogP contribution in [0.5, 0.6) is 0 Å². The van der Waals surface area contributed by atoms with Crippen LogP contribution in [0, 0.1) is 0 Å². The highest BCUT2D eigenvalue weighted by atomic mass is 16.5. The Labute approximate surface area is 286 Å². The number of ether oxygens (including phenoxy) is 2. The predicted octanol–water partition coefficient (Wildman–Crippen LogP) is 11.6. The molecule has 2 unspecified atom stereocenters. The molecule has 2 atom stereocenters. The highest BCUT2D eigenvalue weighted by Gasteiger charge is 2.09. The van der Waals surface area contributed by atoms with Crippen molar-refractivity contribution in [2.24, 2.45) is 0 Å². The van der Waals surface area contributed by atoms with Crippen molar-refractivity contribution in [2.75, 3.05) is 13.2 Å². The minimum Gasteiger partial charge on any atom is -0.464 e. The summed E-state index contributed by atoms with van der Waals surface area (Å²) in [7, 11) is 0. The second-order valence-corrected chi connectivity index (χ2v) is 13.6. The molecule has 0 saturated carbocycles. The first-order valence-electron chi connectivity index (χ1n) is 20.1. The van der Waals surface area contributed by atoms with Gasteiger partial charge in [-0.25, -0.2) is 9.59 Å². The molecule has 0 aromatic heterocycles. The van der Waals surface area contributed by atoms with Gasteiger partial charge in [-0.2, -0.15) is 0 Å². The summed E-state index contributed by atoms with van der Waals surface area (Å²) >= 11 is 0. The molecule has 0 aromatic rings. The molecular weight excluding hydrogens is 576 g/mol. The van der Waals surface area contributed by atoms with Gasteiger partial charge in [0, 0.05) is 0 Å². The summed E-state index contributed by atoms with van der Waals surface area (Å²) in [6.45, 7) is 8.31. The minimum atomic E-state index is -0.994. The molecule has 0 bridgehead atoms. The molecule has 46 heavy (non-hydrogen) atoms. The highest BCUT2D eigenvalue weighted by Crippen LogP contribution is 2.15. The molecule has 0 radical (unpaired) electrons. The van der Waals surface area contributed by atoms with Crippen LogP contribution in [0.3, 0.4) is 0 Å². The fraction of sp³-hybridized carbons (Fsp3) is 0.950. The summed E-state index contributed by atoms with van der Waals surface area (Å²) in [5.41, 5.74) is 0. The van der Waals surface area contributed by atoms with Crippen molar-refractivity contribution in [1.82, 2.24) is 0 Å². The lowest BCUT2D eigenvalue weighted by molar-refractivity contribution is -0.153. The van der Waals surface area contributed by atoms with Gasteiger partial charge in [0.25, 0.3) is 0 Å². The molecule has 0 spiro atoms. The van der Waals surface area contributed by atoms with E-state index in [-0.39, 0.29) is 0 Å². The summed E-state index contributed by atoms with van der Waals surface area (Å²) < 4.78 is 9.86. The molecule has 0 aliphatic rings. The molecule has 0 amide bonds. The van der Waals surface area contributed by atoms with Crippen molar-refractivity contribution in [3.05, 3.63) is 0 Å². The SMILES string of the molecule is CCCCCCCCCCCCCCCCCCOC(=O)C(C)O.CCCCCCCCCCCCCCCCOC(=O)C(C)O. The summed E-state index contributed by atoms with van der Waals surface area (Å²) in [6.07, 6.45) is 37.9. The van der Waals surface area contributed by atoms with Gasteiger partial charge in [-0.15, -0.1) is 0 Å². The van der Waals surface area contributed by atoms with Gasteiger partial charge in [-0.05, 0) is 26.7 Å². The zero-order chi connectivity index (χ0) is 34.4. The highest BCUT2D eigenvalue weighted by molar-refractivity contribution is 5.74. The number of esters is 2. The first-order valence-corrected chi connectivity index (χ1v) is 20.1. The molecule has 0 heterocycles. The van der Waals surface area contributed by atoms with Crippen molar-refractivity contribution >= 4 is 11.9 Å². The van der Waals surface area contributed by atoms with E-state index in [1.54, 1.807) is 0 Å². The minimum absolute atomic E-state index is 0.446. The molecule has 276 valence electrons. The Bertz CT molecular complexity index is 607. The van der Waals surface area contributed by atoms with E-state index >= 15 is 0 Å². The van der Waals surface area contributed by atoms with E-state index in [4.69, 9.17) is 19.7 Å². The van der Waals surface area contributed by atoms with Gasteiger partial charge in [-0.1, -0.05) is 194 Å². The third-order valence-corrected chi connectivity index (χ3v) is 8.67. The molecule has 0 fully saturated rings. The first kappa shape index (κ1) is 47.0. The van der Waals surface area contributed by atoms with E-state index in [9.17, 15) is 9.59 Å². The number of aliphatic hydroxyl groups is 2. The zero-order valence-electron chi connectivity index (χ0n) is 31.3. The second-order valence-electron chi connectivity index (χ2n) is 13.6. The number of aliphatic hydroxyl groups excluding tert-OH is 2. The van der Waals surface area contributed by atoms with Gasteiger partial charge in [0.15, 0.2) is 0 Å². The number of hydrogen-bond donors (Lipinski definition) is 2. The maximum absolute atomic E-state index is 11.0. The molecule has 6 nitrogen and oxygen atoms in total. The van der Waals surface area contributed by atoms with Crippen molar-refractivity contribution in [2.45, 2.75) is 233 Å². The summed E-state index contributed by atoms with van der Waals surface area (Å²) in [4.78, 5) is 22.0. The van der Waals surface area contributed by atoms with Crippen LogP contribution in [-0.2, 0) is 19.1 Å². The smallest absolute Gasteiger partial charge is 0.334 e. The molecule has 0 aromatic carbocycles. The molecule has 6 heteroatoms. The van der Waals surface area contributed by atoms with Crippen LogP contribution in [0.4, 0.5) is 0 Å². The van der Waals surface area contributed by atoms with E-state index in [0.29, 0.717) is 13.2 Å². The lowest BCUT2D eigenvalue weighted by Gasteiger charge is -2.06. The van der Waals surface area contributed by atoms with Crippen molar-refractivity contribution in [3.8, 4) is 0 Å². The van der Waals surface area contributed by atoms with Crippen LogP contribution >= 0.6 is 0 Å². The maximum Gasteiger partial charge on any atom is 0.334 e. The fourth-order valence-electron chi connectivity index (χ4n) is 5.53. The molecule has 2 N–H and O–H groups in total. The molecule has 0 aliphatic carbocycles. The molecule has 0 aliphatic heterocycles. The second kappa shape index (κ2) is 40.0. The maximum atomic E-state index is 11.0. The van der Waals surface area contributed by atoms with Crippen LogP contribution in [0.2, 0.25) is 0 Å². The first-order chi connectivity index (χ1) is 22.4. The van der Waals surface area contributed by atoms with E-state index in [2.05, 4.69) is 13.8 Å². The molecular formula is C40H80O6. The van der Waals surface area contributed by atoms with E-state index in [0.717, 1.165) is 25.7 Å². The Morgan fingerprint density at radius 2 is 0.543 bits per heavy atom. The normalized spacial score (nSPS) is 12.3. The zero-order valence-corrected chi connectivity index (χ0v) is 31.3. The monoisotopic (exact) mass is 657 g/mol. The van der Waals surface area contributed by atoms with Gasteiger partial charge in [0.05, 0.1) is 13.2 Å². The Morgan fingerprint density at radius 3 is 0.717 bits per heavy atom. The fourth-order valence-corrected chi connectivity index (χ4v) is 5.53. The van der Waals surface area contributed by atoms with Crippen LogP contribution in [0.25, 0.3) is 0 Å². The van der Waals surface area contributed by atoms with Crippen molar-refractivity contribution < 1.29 is 29.3 Å². The molecule has 0 rings (SSSR count). The number of hydrogen-bond acceptors (Lipinski definition) is 6. The lowest BCUT2D eigenvalue weighted by Crippen LogP contribution is -2.19. The van der Waals surface area contributed by atoms with Gasteiger partial charge in [0.1, 0.15) is 12.2 Å². The van der Waals surface area contributed by atoms with Crippen molar-refractivity contribution in [3.63, 3.8) is 0 Å². The van der Waals surface area contributed by atoms with Crippen LogP contribution in [0.1, 0.15) is 220 Å². The molecule has 0 saturated heterocycles. The standard InChI is InChI=1S/C21H42O3.C19H38O3/c1-3-4-5-6-7-8-9-10-11-12-13-14-15-16-17-18-19-24-21(23)20(2)22;1-3-4-5-6-7-8-9-10-11-12-13-14-15-16-17-22-19(21)18(2)20/h20,22H,3-19H2,1-2H3;18,20H,3-17H2,1-2H3. The van der Waals surface area contributed by atoms with Gasteiger partial charge in [-0.3, -0.25) is 0 Å². The number of rotatable bonds is 34. The third-order valence-electron chi connectivity index (χ3n) is 8.67. The average molecular weight is 657 g/mol. The predicted molar refractivity (Wildman–Crippen MR) is 195 cm³/mol. The lowest BCUT2D eigenvalue weighted by atomic mass is 10.0. The summed E-state index contributed by atoms with van der Waals surface area (Å²) in [6, 6.07) is 0. The van der Waals surface area contributed by atoms with E-state index in [1.165, 1.54) is 181 Å². The van der Waals surface area contributed by atoms with Gasteiger partial charge >= 0.3 is 11.9 Å². The van der Waals surface area contributed by atoms with Gasteiger partial charge < -0.3 is 19.7 Å². The van der Waals surface area contributed by atoms with E-state index < -0.39 is 24.1 Å². The number of carbonyl (C=O) groups excluding carboxylic acids is 2. The summed E-state index contributed by atoms with van der Waals surface area (Å²) in [5, 5.41) is 17.9. The third kappa shape index (κ3) is 40.9. The van der Waals surface area contributed by atoms with E-state index in [1.807, 2.05) is 0 Å². The Balaban J connectivity index is 0. The van der Waals surface area contributed by atoms with Crippen LogP contribution in [0.15, 0.2) is 0 Å². The number of carbonyl (C=O) groups is 2. The Morgan fingerprint density at radius 1 is 0.370 bits per heavy atom. The number of unbranched alkanes of at least 4 members (excludes halogenated alkanes) is 28. The van der Waals surface area contributed by atoms with Crippen LogP contribution < -0.4 is 0 Å². The Kier molecular flexibility index (Phi) is 40.9. The largest absolute Gasteiger partial charge is 0.464 e. The van der Waals surface area contributed by atoms with Crippen molar-refractivity contribution in [1.29, 1.82) is 0 Å². The Hall–Kier alpha value is -1.14. The summed E-state index contributed by atoms with van der Waals surface area (Å²) in [5.74, 6) is -1.01. The quantitative estimate of drug-likeness (QED) is 0.0529. The van der Waals surface area contributed by atoms with Gasteiger partial charge in [0.2, 0.25) is 0 Å². The van der Waals surface area contributed by atoms with Crippen LogP contribution in [-0.4, -0.2) is 47.6 Å². The average Bonchev–Trinajstić information content (AvgIpc) is 3.04.